The Kier molecular flexibility index (Phi) is 5.00. The lowest BCUT2D eigenvalue weighted by atomic mass is 10.3. The zero-order valence-electron chi connectivity index (χ0n) is 10.2. The van der Waals surface area contributed by atoms with Crippen molar-refractivity contribution < 1.29 is 9.59 Å². The lowest BCUT2D eigenvalue weighted by molar-refractivity contribution is -0.136. The van der Waals surface area contributed by atoms with E-state index >= 15 is 0 Å². The molecule has 0 atom stereocenters. The van der Waals surface area contributed by atoms with Crippen molar-refractivity contribution in [1.29, 1.82) is 0 Å². The number of nitrogens with one attached hydrogen (secondary N) is 2. The first-order valence-electron chi connectivity index (χ1n) is 5.62. The van der Waals surface area contributed by atoms with Crippen LogP contribution >= 0.6 is 34.5 Å². The van der Waals surface area contributed by atoms with Crippen LogP contribution in [0.5, 0.6) is 0 Å². The summed E-state index contributed by atoms with van der Waals surface area (Å²) in [6, 6.07) is 8.31. The van der Waals surface area contributed by atoms with Crippen LogP contribution in [0.2, 0.25) is 10.0 Å². The molecule has 0 saturated heterocycles. The molecular weight excluding hydrogens is 319 g/mol. The highest BCUT2D eigenvalue weighted by atomic mass is 35.5. The van der Waals surface area contributed by atoms with E-state index in [0.29, 0.717) is 22.3 Å². The second-order valence-corrected chi connectivity index (χ2v) is 5.78. The van der Waals surface area contributed by atoms with Crippen LogP contribution in [0.4, 0.5) is 5.69 Å². The second kappa shape index (κ2) is 6.74. The van der Waals surface area contributed by atoms with Gasteiger partial charge in [0.1, 0.15) is 0 Å². The molecule has 2 rings (SSSR count). The van der Waals surface area contributed by atoms with Crippen LogP contribution in [0.3, 0.4) is 0 Å². The predicted octanol–water partition coefficient (Wildman–Crippen LogP) is 3.31. The molecular formula is C13H10Cl2N2O2S. The number of thiophene rings is 1. The molecule has 4 nitrogen and oxygen atoms in total. The second-order valence-electron chi connectivity index (χ2n) is 3.87. The summed E-state index contributed by atoms with van der Waals surface area (Å²) in [5.41, 5.74) is 0.374. The number of anilines is 1. The van der Waals surface area contributed by atoms with Gasteiger partial charge in [-0.2, -0.15) is 0 Å². The Morgan fingerprint density at radius 1 is 1.10 bits per heavy atom. The van der Waals surface area contributed by atoms with Gasteiger partial charge in [-0.15, -0.1) is 11.3 Å². The number of carbonyl (C=O) groups is 2. The van der Waals surface area contributed by atoms with Gasteiger partial charge >= 0.3 is 11.8 Å². The fraction of sp³-hybridized carbons (Fsp3) is 0.0769. The molecule has 0 aliphatic heterocycles. The summed E-state index contributed by atoms with van der Waals surface area (Å²) in [5.74, 6) is -1.48. The summed E-state index contributed by atoms with van der Waals surface area (Å²) in [4.78, 5) is 24.3. The summed E-state index contributed by atoms with van der Waals surface area (Å²) in [7, 11) is 0. The molecule has 1 heterocycles. The Morgan fingerprint density at radius 3 is 2.40 bits per heavy atom. The van der Waals surface area contributed by atoms with Gasteiger partial charge in [-0.3, -0.25) is 9.59 Å². The van der Waals surface area contributed by atoms with Gasteiger partial charge in [0.25, 0.3) is 0 Å². The van der Waals surface area contributed by atoms with Gasteiger partial charge < -0.3 is 10.6 Å². The van der Waals surface area contributed by atoms with Gasteiger partial charge in [-0.1, -0.05) is 29.3 Å². The van der Waals surface area contributed by atoms with Crippen molar-refractivity contribution in [2.45, 2.75) is 6.54 Å². The molecule has 0 radical (unpaired) electrons. The van der Waals surface area contributed by atoms with E-state index in [2.05, 4.69) is 10.6 Å². The highest BCUT2D eigenvalue weighted by molar-refractivity contribution is 7.09. The fourth-order valence-electron chi connectivity index (χ4n) is 1.47. The molecule has 0 aliphatic carbocycles. The molecule has 2 amide bonds. The third-order valence-electron chi connectivity index (χ3n) is 2.33. The molecule has 0 fully saturated rings. The summed E-state index contributed by atoms with van der Waals surface area (Å²) in [6.07, 6.45) is 0. The highest BCUT2D eigenvalue weighted by Gasteiger charge is 2.14. The Morgan fingerprint density at radius 2 is 1.80 bits per heavy atom. The van der Waals surface area contributed by atoms with Gasteiger partial charge in [-0.25, -0.2) is 0 Å². The van der Waals surface area contributed by atoms with Crippen molar-refractivity contribution in [1.82, 2.24) is 5.32 Å². The van der Waals surface area contributed by atoms with Crippen molar-refractivity contribution in [2.24, 2.45) is 0 Å². The number of amides is 2. The number of carbonyl (C=O) groups excluding carboxylic acids is 2. The lowest BCUT2D eigenvalue weighted by Crippen LogP contribution is -2.34. The monoisotopic (exact) mass is 328 g/mol. The molecule has 1 aromatic carbocycles. The fourth-order valence-corrected chi connectivity index (χ4v) is 2.65. The average Bonchev–Trinajstić information content (AvgIpc) is 2.87. The zero-order valence-corrected chi connectivity index (χ0v) is 12.5. The van der Waals surface area contributed by atoms with Crippen molar-refractivity contribution in [3.63, 3.8) is 0 Å². The molecule has 2 N–H and O–H groups in total. The molecule has 0 bridgehead atoms. The maximum absolute atomic E-state index is 11.7. The van der Waals surface area contributed by atoms with E-state index in [1.54, 1.807) is 0 Å². The van der Waals surface area contributed by atoms with Crippen LogP contribution < -0.4 is 10.6 Å². The number of benzene rings is 1. The van der Waals surface area contributed by atoms with E-state index in [4.69, 9.17) is 23.2 Å². The minimum absolute atomic E-state index is 0.320. The predicted molar refractivity (Wildman–Crippen MR) is 81.3 cm³/mol. The van der Waals surface area contributed by atoms with Gasteiger partial charge in [0.15, 0.2) is 0 Å². The van der Waals surface area contributed by atoms with Crippen molar-refractivity contribution in [3.05, 3.63) is 50.6 Å². The van der Waals surface area contributed by atoms with Gasteiger partial charge in [0.2, 0.25) is 0 Å². The van der Waals surface area contributed by atoms with Gasteiger partial charge in [0, 0.05) is 20.6 Å². The minimum atomic E-state index is -0.764. The molecule has 2 aromatic rings. The quantitative estimate of drug-likeness (QED) is 0.849. The summed E-state index contributed by atoms with van der Waals surface area (Å²) in [5, 5.41) is 7.63. The van der Waals surface area contributed by atoms with Crippen LogP contribution in [-0.2, 0) is 16.1 Å². The van der Waals surface area contributed by atoms with Crippen LogP contribution in [0.25, 0.3) is 0 Å². The largest absolute Gasteiger partial charge is 0.343 e. The third-order valence-corrected chi connectivity index (χ3v) is 3.64. The van der Waals surface area contributed by atoms with E-state index in [-0.39, 0.29) is 0 Å². The van der Waals surface area contributed by atoms with Crippen molar-refractivity contribution in [2.75, 3.05) is 5.32 Å². The van der Waals surface area contributed by atoms with Crippen LogP contribution in [0, 0.1) is 0 Å². The van der Waals surface area contributed by atoms with Crippen LogP contribution in [-0.4, -0.2) is 11.8 Å². The number of hydrogen-bond acceptors (Lipinski definition) is 3. The van der Waals surface area contributed by atoms with Crippen LogP contribution in [0.15, 0.2) is 35.7 Å². The third kappa shape index (κ3) is 4.23. The van der Waals surface area contributed by atoms with Gasteiger partial charge in [0.05, 0.1) is 6.54 Å². The standard InChI is InChI=1S/C13H10Cl2N2O2S/c14-8-4-9(15)6-10(5-8)17-13(19)12(18)16-7-11-2-1-3-20-11/h1-6H,7H2,(H,16,18)(H,17,19). The Balaban J connectivity index is 1.92. The van der Waals surface area contributed by atoms with E-state index in [1.165, 1.54) is 29.5 Å². The topological polar surface area (TPSA) is 58.2 Å². The lowest BCUT2D eigenvalue weighted by Gasteiger charge is -2.06. The SMILES string of the molecule is O=C(NCc1cccs1)C(=O)Nc1cc(Cl)cc(Cl)c1. The van der Waals surface area contributed by atoms with Crippen molar-refractivity contribution >= 4 is 52.0 Å². The summed E-state index contributed by atoms with van der Waals surface area (Å²) >= 11 is 13.1. The van der Waals surface area contributed by atoms with Gasteiger partial charge in [-0.05, 0) is 29.6 Å². The van der Waals surface area contributed by atoms with E-state index in [1.807, 2.05) is 17.5 Å². The zero-order chi connectivity index (χ0) is 14.5. The smallest absolute Gasteiger partial charge is 0.313 e. The highest BCUT2D eigenvalue weighted by Crippen LogP contribution is 2.22. The normalized spacial score (nSPS) is 10.1. The first kappa shape index (κ1) is 14.8. The summed E-state index contributed by atoms with van der Waals surface area (Å²) < 4.78 is 0. The van der Waals surface area contributed by atoms with Crippen molar-refractivity contribution in [3.8, 4) is 0 Å². The Hall–Kier alpha value is -1.56. The first-order valence-corrected chi connectivity index (χ1v) is 7.26. The van der Waals surface area contributed by atoms with E-state index < -0.39 is 11.8 Å². The molecule has 104 valence electrons. The molecule has 0 unspecified atom stereocenters. The van der Waals surface area contributed by atoms with Crippen LogP contribution in [0.1, 0.15) is 4.88 Å². The molecule has 0 saturated carbocycles. The van der Waals surface area contributed by atoms with E-state index in [9.17, 15) is 9.59 Å². The molecule has 0 aliphatic rings. The minimum Gasteiger partial charge on any atom is -0.343 e. The number of halogens is 2. The Labute approximate surface area is 129 Å². The first-order chi connectivity index (χ1) is 9.54. The number of hydrogen-bond donors (Lipinski definition) is 2. The molecule has 20 heavy (non-hydrogen) atoms. The molecule has 7 heteroatoms. The molecule has 0 spiro atoms. The Bertz CT molecular complexity index is 609. The maximum Gasteiger partial charge on any atom is 0.313 e. The maximum atomic E-state index is 11.7. The average molecular weight is 329 g/mol. The number of rotatable bonds is 3. The molecule has 1 aromatic heterocycles. The summed E-state index contributed by atoms with van der Waals surface area (Å²) in [6.45, 7) is 0.320. The van der Waals surface area contributed by atoms with E-state index in [0.717, 1.165) is 4.88 Å².